The molecule has 0 bridgehead atoms. The zero-order valence-electron chi connectivity index (χ0n) is 16.0. The molecule has 2 heterocycles. The van der Waals surface area contributed by atoms with Gasteiger partial charge in [-0.05, 0) is 43.0 Å². The number of aryl methyl sites for hydroxylation is 1. The average molecular weight is 419 g/mol. The second kappa shape index (κ2) is 7.08. The Hall–Kier alpha value is -2.05. The van der Waals surface area contributed by atoms with Crippen LogP contribution in [0.25, 0.3) is 17.2 Å². The molecule has 0 saturated carbocycles. The number of pyridine rings is 1. The quantitative estimate of drug-likeness (QED) is 0.715. The van der Waals surface area contributed by atoms with Crippen LogP contribution in [0.5, 0.6) is 0 Å². The number of alkyl halides is 1. The molecular formula is C21H23ClN2O3S. The first-order valence-corrected chi connectivity index (χ1v) is 11.8. The Kier molecular flexibility index (Phi) is 4.88. The number of rotatable bonds is 4. The molecule has 148 valence electrons. The minimum Gasteiger partial charge on any atom is -0.367 e. The maximum absolute atomic E-state index is 12.5. The maximum Gasteiger partial charge on any atom is 0.254 e. The van der Waals surface area contributed by atoms with E-state index in [2.05, 4.69) is 4.90 Å². The van der Waals surface area contributed by atoms with Crippen molar-refractivity contribution in [1.82, 2.24) is 4.57 Å². The molecule has 2 aliphatic rings. The van der Waals surface area contributed by atoms with E-state index >= 15 is 0 Å². The smallest absolute Gasteiger partial charge is 0.254 e. The van der Waals surface area contributed by atoms with Crippen LogP contribution in [0, 0.1) is 0 Å². The summed E-state index contributed by atoms with van der Waals surface area (Å²) in [7, 11) is -1.62. The molecular weight excluding hydrogens is 396 g/mol. The van der Waals surface area contributed by atoms with Crippen LogP contribution in [-0.2, 0) is 23.3 Å². The van der Waals surface area contributed by atoms with Gasteiger partial charge in [-0.2, -0.15) is 0 Å². The zero-order valence-corrected chi connectivity index (χ0v) is 17.6. The van der Waals surface area contributed by atoms with Gasteiger partial charge in [-0.3, -0.25) is 4.79 Å². The van der Waals surface area contributed by atoms with Gasteiger partial charge in [0.2, 0.25) is 0 Å². The molecule has 1 aliphatic heterocycles. The first-order chi connectivity index (χ1) is 13.3. The minimum absolute atomic E-state index is 0.00984. The normalized spacial score (nSPS) is 18.7. The zero-order chi connectivity index (χ0) is 20.1. The van der Waals surface area contributed by atoms with Crippen LogP contribution in [0.1, 0.15) is 24.0 Å². The summed E-state index contributed by atoms with van der Waals surface area (Å²) >= 11 is 6.20. The van der Waals surface area contributed by atoms with Crippen molar-refractivity contribution in [3.63, 3.8) is 0 Å². The Balaban J connectivity index is 2.00. The number of hydrogen-bond donors (Lipinski definition) is 0. The van der Waals surface area contributed by atoms with E-state index in [9.17, 15) is 13.2 Å². The summed E-state index contributed by atoms with van der Waals surface area (Å²) < 4.78 is 26.0. The van der Waals surface area contributed by atoms with E-state index in [1.165, 1.54) is 6.26 Å². The van der Waals surface area contributed by atoms with Crippen LogP contribution in [0.3, 0.4) is 0 Å². The lowest BCUT2D eigenvalue weighted by molar-refractivity contribution is 0.602. The van der Waals surface area contributed by atoms with Gasteiger partial charge in [-0.1, -0.05) is 12.2 Å². The van der Waals surface area contributed by atoms with Crippen LogP contribution < -0.4 is 10.5 Å². The second-order valence-corrected chi connectivity index (χ2v) is 9.88. The lowest BCUT2D eigenvalue weighted by atomic mass is 9.97. The fraction of sp³-hybridized carbons (Fsp3) is 0.381. The summed E-state index contributed by atoms with van der Waals surface area (Å²) in [5.41, 5.74) is 4.31. The van der Waals surface area contributed by atoms with E-state index in [1.54, 1.807) is 23.7 Å². The van der Waals surface area contributed by atoms with Crippen molar-refractivity contribution in [3.8, 4) is 11.1 Å². The summed E-state index contributed by atoms with van der Waals surface area (Å²) in [6.45, 7) is 0.881. The van der Waals surface area contributed by atoms with Crippen molar-refractivity contribution in [2.24, 2.45) is 7.05 Å². The van der Waals surface area contributed by atoms with Crippen LogP contribution in [0.15, 0.2) is 40.2 Å². The van der Waals surface area contributed by atoms with Crippen LogP contribution in [0.2, 0.25) is 0 Å². The predicted molar refractivity (Wildman–Crippen MR) is 114 cm³/mol. The fourth-order valence-electron chi connectivity index (χ4n) is 4.23. The molecule has 1 unspecified atom stereocenters. The van der Waals surface area contributed by atoms with Crippen molar-refractivity contribution < 1.29 is 8.42 Å². The highest BCUT2D eigenvalue weighted by atomic mass is 35.5. The molecule has 4 rings (SSSR count). The molecule has 1 aromatic heterocycles. The first-order valence-electron chi connectivity index (χ1n) is 9.37. The molecule has 1 atom stereocenters. The van der Waals surface area contributed by atoms with E-state index in [0.717, 1.165) is 47.3 Å². The van der Waals surface area contributed by atoms with Gasteiger partial charge in [0.05, 0.1) is 4.90 Å². The standard InChI is InChI=1S/C21H23ClN2O3S/c1-23-13-19(16-6-3-7-17(16)21(23)25)18-11-15(28(2,26)27)8-9-20(18)24-10-4-5-14(24)12-22/h3,6,8-9,11,13-14H,4-5,7,10,12H2,1-2H3. The van der Waals surface area contributed by atoms with Crippen LogP contribution >= 0.6 is 11.6 Å². The Morgan fingerprint density at radius 2 is 2.04 bits per heavy atom. The number of nitrogens with zero attached hydrogens (tertiary/aromatic N) is 2. The van der Waals surface area contributed by atoms with Gasteiger partial charge >= 0.3 is 0 Å². The molecule has 0 spiro atoms. The second-order valence-electron chi connectivity index (χ2n) is 7.55. The Bertz CT molecular complexity index is 1140. The molecule has 1 aromatic carbocycles. The predicted octanol–water partition coefficient (Wildman–Crippen LogP) is 3.23. The molecule has 1 saturated heterocycles. The number of sulfone groups is 1. The molecule has 0 N–H and O–H groups in total. The lowest BCUT2D eigenvalue weighted by Gasteiger charge is -2.28. The monoisotopic (exact) mass is 418 g/mol. The Morgan fingerprint density at radius 1 is 1.25 bits per heavy atom. The molecule has 28 heavy (non-hydrogen) atoms. The van der Waals surface area contributed by atoms with E-state index in [1.807, 2.05) is 24.4 Å². The SMILES string of the molecule is Cn1cc(-c2cc(S(C)(=O)=O)ccc2N2CCCC2CCl)c2c(c1=O)CC=C2. The molecule has 0 amide bonds. The Morgan fingerprint density at radius 3 is 2.75 bits per heavy atom. The molecule has 1 fully saturated rings. The highest BCUT2D eigenvalue weighted by molar-refractivity contribution is 7.90. The molecule has 5 nitrogen and oxygen atoms in total. The topological polar surface area (TPSA) is 59.4 Å². The number of fused-ring (bicyclic) bond motifs is 1. The van der Waals surface area contributed by atoms with E-state index < -0.39 is 9.84 Å². The third-order valence-electron chi connectivity index (χ3n) is 5.67. The van der Waals surface area contributed by atoms with Crippen molar-refractivity contribution in [1.29, 1.82) is 0 Å². The van der Waals surface area contributed by atoms with Crippen LogP contribution in [-0.4, -0.2) is 37.7 Å². The maximum atomic E-state index is 12.5. The third kappa shape index (κ3) is 3.18. The van der Waals surface area contributed by atoms with Crippen molar-refractivity contribution >= 4 is 33.2 Å². The molecule has 2 aromatic rings. The van der Waals surface area contributed by atoms with E-state index in [4.69, 9.17) is 11.6 Å². The van der Waals surface area contributed by atoms with Gasteiger partial charge in [0.15, 0.2) is 9.84 Å². The molecule has 0 radical (unpaired) electrons. The lowest BCUT2D eigenvalue weighted by Crippen LogP contribution is -2.31. The van der Waals surface area contributed by atoms with E-state index in [-0.39, 0.29) is 16.5 Å². The number of benzene rings is 1. The third-order valence-corrected chi connectivity index (χ3v) is 7.14. The fourth-order valence-corrected chi connectivity index (χ4v) is 5.20. The van der Waals surface area contributed by atoms with Gasteiger partial charge in [0, 0.05) is 60.3 Å². The molecule has 7 heteroatoms. The van der Waals surface area contributed by atoms with Crippen molar-refractivity contribution in [2.75, 3.05) is 23.6 Å². The van der Waals surface area contributed by atoms with Crippen molar-refractivity contribution in [2.45, 2.75) is 30.2 Å². The van der Waals surface area contributed by atoms with Crippen molar-refractivity contribution in [3.05, 3.63) is 52.0 Å². The van der Waals surface area contributed by atoms with Crippen LogP contribution in [0.4, 0.5) is 5.69 Å². The Labute approximate surface area is 170 Å². The number of aromatic nitrogens is 1. The number of anilines is 1. The first kappa shape index (κ1) is 19.3. The van der Waals surface area contributed by atoms with Gasteiger partial charge < -0.3 is 9.47 Å². The van der Waals surface area contributed by atoms with Gasteiger partial charge in [-0.25, -0.2) is 8.42 Å². The van der Waals surface area contributed by atoms with Gasteiger partial charge in [-0.15, -0.1) is 11.6 Å². The van der Waals surface area contributed by atoms with Gasteiger partial charge in [0.1, 0.15) is 0 Å². The number of halogens is 1. The highest BCUT2D eigenvalue weighted by Crippen LogP contribution is 2.40. The van der Waals surface area contributed by atoms with E-state index in [0.29, 0.717) is 12.3 Å². The minimum atomic E-state index is -3.36. The number of hydrogen-bond acceptors (Lipinski definition) is 4. The summed E-state index contributed by atoms with van der Waals surface area (Å²) in [4.78, 5) is 15.1. The summed E-state index contributed by atoms with van der Waals surface area (Å²) in [5.74, 6) is 0.526. The summed E-state index contributed by atoms with van der Waals surface area (Å²) in [6.07, 6.45) is 9.64. The summed E-state index contributed by atoms with van der Waals surface area (Å²) in [6, 6.07) is 5.50. The summed E-state index contributed by atoms with van der Waals surface area (Å²) in [5, 5.41) is 0. The largest absolute Gasteiger partial charge is 0.367 e. The number of allylic oxidation sites excluding steroid dienone is 1. The molecule has 1 aliphatic carbocycles. The highest BCUT2D eigenvalue weighted by Gasteiger charge is 2.28. The average Bonchev–Trinajstić information content (AvgIpc) is 3.32. The van der Waals surface area contributed by atoms with Gasteiger partial charge in [0.25, 0.3) is 5.56 Å².